The van der Waals surface area contributed by atoms with Crippen molar-refractivity contribution in [1.82, 2.24) is 10.9 Å². The second kappa shape index (κ2) is 7.69. The Morgan fingerprint density at radius 2 is 1.54 bits per heavy atom. The normalized spacial score (nSPS) is 10.9. The van der Waals surface area contributed by atoms with Crippen LogP contribution in [0.2, 0.25) is 0 Å². The summed E-state index contributed by atoms with van der Waals surface area (Å²) in [5.74, 6) is -2.16. The molecule has 2 N–H and O–H groups in total. The van der Waals surface area contributed by atoms with Gasteiger partial charge < -0.3 is 0 Å². The fourth-order valence-corrected chi connectivity index (χ4v) is 3.08. The predicted octanol–water partition coefficient (Wildman–Crippen LogP) is 1.45. The molecule has 0 radical (unpaired) electrons. The first-order valence-corrected chi connectivity index (χ1v) is 8.66. The highest BCUT2D eigenvalue weighted by atomic mass is 32.2. The van der Waals surface area contributed by atoms with Crippen molar-refractivity contribution < 1.29 is 22.4 Å². The summed E-state index contributed by atoms with van der Waals surface area (Å²) in [7, 11) is -3.70. The fourth-order valence-electron chi connectivity index (χ4n) is 1.84. The predicted molar refractivity (Wildman–Crippen MR) is 85.1 cm³/mol. The molecule has 0 aliphatic rings. The van der Waals surface area contributed by atoms with Crippen molar-refractivity contribution in [2.24, 2.45) is 0 Å². The highest BCUT2D eigenvalue weighted by Crippen LogP contribution is 2.12. The molecule has 0 heterocycles. The van der Waals surface area contributed by atoms with E-state index in [4.69, 9.17) is 0 Å². The summed E-state index contributed by atoms with van der Waals surface area (Å²) >= 11 is 0. The zero-order valence-electron chi connectivity index (χ0n) is 12.5. The first kappa shape index (κ1) is 17.6. The van der Waals surface area contributed by atoms with E-state index in [9.17, 15) is 22.4 Å². The third-order valence-electron chi connectivity index (χ3n) is 3.12. The minimum atomic E-state index is -3.70. The van der Waals surface area contributed by atoms with Crippen LogP contribution in [-0.2, 0) is 14.6 Å². The van der Waals surface area contributed by atoms with Crippen molar-refractivity contribution in [3.63, 3.8) is 0 Å². The number of carbonyl (C=O) groups is 2. The number of hydrazine groups is 1. The lowest BCUT2D eigenvalue weighted by Gasteiger charge is -2.08. The van der Waals surface area contributed by atoms with E-state index in [2.05, 4.69) is 10.9 Å². The molecule has 24 heavy (non-hydrogen) atoms. The maximum absolute atomic E-state index is 12.8. The molecule has 0 saturated carbocycles. The van der Waals surface area contributed by atoms with Crippen LogP contribution in [-0.4, -0.2) is 26.0 Å². The number of amides is 2. The van der Waals surface area contributed by atoms with Crippen LogP contribution in [0.25, 0.3) is 0 Å². The molecule has 2 rings (SSSR count). The summed E-state index contributed by atoms with van der Waals surface area (Å²) in [6.07, 6.45) is -0.339. The van der Waals surface area contributed by atoms with Crippen LogP contribution in [0.5, 0.6) is 0 Å². The van der Waals surface area contributed by atoms with Gasteiger partial charge in [-0.05, 0) is 36.4 Å². The lowest BCUT2D eigenvalue weighted by molar-refractivity contribution is -0.121. The monoisotopic (exact) mass is 350 g/mol. The van der Waals surface area contributed by atoms with Gasteiger partial charge >= 0.3 is 0 Å². The molecule has 126 valence electrons. The Bertz CT molecular complexity index is 821. The minimum Gasteiger partial charge on any atom is -0.273 e. The van der Waals surface area contributed by atoms with E-state index < -0.39 is 33.2 Å². The van der Waals surface area contributed by atoms with Crippen molar-refractivity contribution in [2.45, 2.75) is 11.3 Å². The molecule has 0 aromatic heterocycles. The van der Waals surface area contributed by atoms with E-state index in [0.29, 0.717) is 5.56 Å². The molecule has 2 aromatic carbocycles. The second-order valence-electron chi connectivity index (χ2n) is 4.89. The van der Waals surface area contributed by atoms with Crippen molar-refractivity contribution in [1.29, 1.82) is 0 Å². The maximum atomic E-state index is 12.8. The Hall–Kier alpha value is -2.74. The summed E-state index contributed by atoms with van der Waals surface area (Å²) in [4.78, 5) is 23.3. The van der Waals surface area contributed by atoms with Crippen LogP contribution < -0.4 is 10.9 Å². The van der Waals surface area contributed by atoms with Crippen LogP contribution in [0.1, 0.15) is 16.8 Å². The van der Waals surface area contributed by atoms with Gasteiger partial charge in [0, 0.05) is 12.0 Å². The van der Waals surface area contributed by atoms with Gasteiger partial charge in [0.1, 0.15) is 5.82 Å². The van der Waals surface area contributed by atoms with Crippen LogP contribution in [0.3, 0.4) is 0 Å². The molecule has 0 saturated heterocycles. The molecule has 0 unspecified atom stereocenters. The molecule has 2 aromatic rings. The standard InChI is InChI=1S/C16H15FN2O4S/c17-13-6-8-14(9-7-13)24(22,23)11-10-15(20)18-19-16(21)12-4-2-1-3-5-12/h1-9H,10-11H2,(H,18,20)(H,19,21). The summed E-state index contributed by atoms with van der Waals surface area (Å²) in [6, 6.07) is 12.6. The van der Waals surface area contributed by atoms with Crippen molar-refractivity contribution in [3.8, 4) is 0 Å². The molecule has 8 heteroatoms. The van der Waals surface area contributed by atoms with Gasteiger partial charge in [-0.3, -0.25) is 20.4 Å². The highest BCUT2D eigenvalue weighted by Gasteiger charge is 2.17. The van der Waals surface area contributed by atoms with Gasteiger partial charge in [0.2, 0.25) is 5.91 Å². The van der Waals surface area contributed by atoms with E-state index in [0.717, 1.165) is 24.3 Å². The molecule has 0 aliphatic heterocycles. The number of hydrogen-bond acceptors (Lipinski definition) is 4. The van der Waals surface area contributed by atoms with E-state index in [1.54, 1.807) is 30.3 Å². The Balaban J connectivity index is 1.84. The molecular weight excluding hydrogens is 335 g/mol. The lowest BCUT2D eigenvalue weighted by atomic mass is 10.2. The third-order valence-corrected chi connectivity index (χ3v) is 4.85. The van der Waals surface area contributed by atoms with Gasteiger partial charge in [-0.1, -0.05) is 18.2 Å². The average molecular weight is 350 g/mol. The number of carbonyl (C=O) groups excluding carboxylic acids is 2. The minimum absolute atomic E-state index is 0.0648. The molecule has 0 aliphatic carbocycles. The summed E-state index contributed by atoms with van der Waals surface area (Å²) in [6.45, 7) is 0. The van der Waals surface area contributed by atoms with E-state index in [1.807, 2.05) is 0 Å². The van der Waals surface area contributed by atoms with Crippen LogP contribution >= 0.6 is 0 Å². The average Bonchev–Trinajstić information content (AvgIpc) is 2.59. The van der Waals surface area contributed by atoms with Crippen LogP contribution in [0.4, 0.5) is 4.39 Å². The van der Waals surface area contributed by atoms with Gasteiger partial charge in [0.05, 0.1) is 10.6 Å². The third kappa shape index (κ3) is 4.88. The van der Waals surface area contributed by atoms with Gasteiger partial charge in [-0.15, -0.1) is 0 Å². The number of hydrogen-bond donors (Lipinski definition) is 2. The highest BCUT2D eigenvalue weighted by molar-refractivity contribution is 7.91. The van der Waals surface area contributed by atoms with Crippen LogP contribution in [0, 0.1) is 5.82 Å². The van der Waals surface area contributed by atoms with Crippen molar-refractivity contribution in [3.05, 3.63) is 66.0 Å². The number of sulfone groups is 1. The Labute approximate surface area is 138 Å². The van der Waals surface area contributed by atoms with Crippen molar-refractivity contribution in [2.75, 3.05) is 5.75 Å². The topological polar surface area (TPSA) is 92.3 Å². The summed E-state index contributed by atoms with van der Waals surface area (Å²) in [5, 5.41) is 0. The van der Waals surface area contributed by atoms with Crippen molar-refractivity contribution >= 4 is 21.7 Å². The number of benzene rings is 2. The summed E-state index contributed by atoms with van der Waals surface area (Å²) in [5.41, 5.74) is 4.71. The molecule has 6 nitrogen and oxygen atoms in total. The molecule has 0 bridgehead atoms. The largest absolute Gasteiger partial charge is 0.273 e. The molecular formula is C16H15FN2O4S. The van der Waals surface area contributed by atoms with Gasteiger partial charge in [0.25, 0.3) is 5.91 Å². The molecule has 0 fully saturated rings. The first-order chi connectivity index (χ1) is 11.4. The molecule has 2 amide bonds. The van der Waals surface area contributed by atoms with Gasteiger partial charge in [-0.25, -0.2) is 12.8 Å². The quantitative estimate of drug-likeness (QED) is 0.631. The van der Waals surface area contributed by atoms with E-state index in [1.165, 1.54) is 0 Å². The first-order valence-electron chi connectivity index (χ1n) is 7.01. The Kier molecular flexibility index (Phi) is 5.64. The van der Waals surface area contributed by atoms with Gasteiger partial charge in [-0.2, -0.15) is 0 Å². The number of rotatable bonds is 5. The zero-order valence-corrected chi connectivity index (χ0v) is 13.3. The number of nitrogens with one attached hydrogen (secondary N) is 2. The summed E-state index contributed by atoms with van der Waals surface area (Å²) < 4.78 is 36.8. The SMILES string of the molecule is O=C(CCS(=O)(=O)c1ccc(F)cc1)NNC(=O)c1ccccc1. The maximum Gasteiger partial charge on any atom is 0.269 e. The second-order valence-corrected chi connectivity index (χ2v) is 7.00. The van der Waals surface area contributed by atoms with Gasteiger partial charge in [0.15, 0.2) is 9.84 Å². The Morgan fingerprint density at radius 3 is 2.17 bits per heavy atom. The number of halogens is 1. The zero-order chi connectivity index (χ0) is 17.6. The smallest absolute Gasteiger partial charge is 0.269 e. The molecule has 0 spiro atoms. The fraction of sp³-hybridized carbons (Fsp3) is 0.125. The molecule has 0 atom stereocenters. The van der Waals surface area contributed by atoms with E-state index in [-0.39, 0.29) is 11.3 Å². The lowest BCUT2D eigenvalue weighted by Crippen LogP contribution is -2.42. The van der Waals surface area contributed by atoms with Crippen LogP contribution in [0.15, 0.2) is 59.5 Å². The van der Waals surface area contributed by atoms with E-state index >= 15 is 0 Å². The Morgan fingerprint density at radius 1 is 0.917 bits per heavy atom.